The molecule has 0 bridgehead atoms. The highest BCUT2D eigenvalue weighted by Crippen LogP contribution is 2.36. The van der Waals surface area contributed by atoms with Crippen molar-refractivity contribution in [1.29, 1.82) is 0 Å². The van der Waals surface area contributed by atoms with E-state index >= 15 is 0 Å². The van der Waals surface area contributed by atoms with Crippen LogP contribution >= 0.6 is 22.9 Å². The second-order valence-corrected chi connectivity index (χ2v) is 6.52. The SMILES string of the molecule is CC(=O)Oc1ccc(Cl)cc1Nc1nc2ccc(OC(F)(F)F)cc2s1. The van der Waals surface area contributed by atoms with Crippen molar-refractivity contribution in [3.63, 3.8) is 0 Å². The molecule has 10 heteroatoms. The van der Waals surface area contributed by atoms with Crippen LogP contribution in [0.1, 0.15) is 6.92 Å². The normalized spacial score (nSPS) is 11.4. The summed E-state index contributed by atoms with van der Waals surface area (Å²) in [6, 6.07) is 8.48. The van der Waals surface area contributed by atoms with Gasteiger partial charge in [0.25, 0.3) is 0 Å². The molecule has 0 unspecified atom stereocenters. The van der Waals surface area contributed by atoms with E-state index in [1.165, 1.54) is 31.2 Å². The smallest absolute Gasteiger partial charge is 0.424 e. The molecule has 3 rings (SSSR count). The molecule has 0 aliphatic rings. The van der Waals surface area contributed by atoms with Gasteiger partial charge >= 0.3 is 12.3 Å². The quantitative estimate of drug-likeness (QED) is 0.460. The number of benzene rings is 2. The maximum atomic E-state index is 12.3. The highest BCUT2D eigenvalue weighted by molar-refractivity contribution is 7.22. The summed E-state index contributed by atoms with van der Waals surface area (Å²) in [5.41, 5.74) is 0.890. The molecular weight excluding hydrogens is 393 g/mol. The summed E-state index contributed by atoms with van der Waals surface area (Å²) in [5.74, 6) is -0.584. The molecule has 1 N–H and O–H groups in total. The monoisotopic (exact) mass is 402 g/mol. The first-order chi connectivity index (χ1) is 12.2. The fourth-order valence-electron chi connectivity index (χ4n) is 2.11. The number of esters is 1. The number of hydrogen-bond donors (Lipinski definition) is 1. The van der Waals surface area contributed by atoms with Gasteiger partial charge in [0.2, 0.25) is 0 Å². The number of carbonyl (C=O) groups is 1. The van der Waals surface area contributed by atoms with Crippen molar-refractivity contribution in [1.82, 2.24) is 4.98 Å². The van der Waals surface area contributed by atoms with Gasteiger partial charge in [-0.15, -0.1) is 13.2 Å². The van der Waals surface area contributed by atoms with E-state index in [2.05, 4.69) is 15.0 Å². The summed E-state index contributed by atoms with van der Waals surface area (Å²) in [6.07, 6.45) is -4.76. The summed E-state index contributed by atoms with van der Waals surface area (Å²) in [7, 11) is 0. The van der Waals surface area contributed by atoms with Crippen molar-refractivity contribution in [3.8, 4) is 11.5 Å². The van der Waals surface area contributed by atoms with Crippen LogP contribution in [0.15, 0.2) is 36.4 Å². The number of anilines is 2. The Labute approximate surface area is 154 Å². The molecule has 0 fully saturated rings. The molecule has 136 valence electrons. The zero-order chi connectivity index (χ0) is 18.9. The first-order valence-electron chi connectivity index (χ1n) is 7.11. The van der Waals surface area contributed by atoms with Gasteiger partial charge in [0.15, 0.2) is 10.9 Å². The fraction of sp³-hybridized carbons (Fsp3) is 0.125. The Morgan fingerprint density at radius 2 is 2.00 bits per heavy atom. The lowest BCUT2D eigenvalue weighted by atomic mass is 10.3. The number of halogens is 4. The highest BCUT2D eigenvalue weighted by Gasteiger charge is 2.31. The Morgan fingerprint density at radius 1 is 1.23 bits per heavy atom. The molecule has 5 nitrogen and oxygen atoms in total. The summed E-state index contributed by atoms with van der Waals surface area (Å²) < 4.78 is 46.4. The van der Waals surface area contributed by atoms with E-state index < -0.39 is 12.3 Å². The van der Waals surface area contributed by atoms with Gasteiger partial charge in [-0.25, -0.2) is 4.98 Å². The average Bonchev–Trinajstić information content (AvgIpc) is 2.89. The standard InChI is InChI=1S/C16H10ClF3N2O3S/c1-8(23)24-13-5-2-9(17)6-12(13)22-15-21-11-4-3-10(7-14(11)26-15)25-16(18,19)20/h2-7H,1H3,(H,21,22). The van der Waals surface area contributed by atoms with E-state index in [0.29, 0.717) is 26.1 Å². The summed E-state index contributed by atoms with van der Waals surface area (Å²) in [6.45, 7) is 1.26. The fourth-order valence-corrected chi connectivity index (χ4v) is 3.19. The van der Waals surface area contributed by atoms with Gasteiger partial charge in [0.05, 0.1) is 15.9 Å². The number of rotatable bonds is 4. The van der Waals surface area contributed by atoms with Crippen LogP contribution in [-0.2, 0) is 4.79 Å². The van der Waals surface area contributed by atoms with Gasteiger partial charge in [-0.1, -0.05) is 22.9 Å². The molecule has 0 saturated carbocycles. The molecule has 0 atom stereocenters. The first-order valence-corrected chi connectivity index (χ1v) is 8.30. The molecule has 0 aliphatic heterocycles. The molecule has 1 aromatic heterocycles. The van der Waals surface area contributed by atoms with Crippen LogP contribution in [0.4, 0.5) is 24.0 Å². The molecule has 1 heterocycles. The van der Waals surface area contributed by atoms with Crippen molar-refractivity contribution in [3.05, 3.63) is 41.4 Å². The van der Waals surface area contributed by atoms with E-state index in [9.17, 15) is 18.0 Å². The summed E-state index contributed by atoms with van der Waals surface area (Å²) >= 11 is 7.07. The minimum Gasteiger partial charge on any atom is -0.424 e. The van der Waals surface area contributed by atoms with E-state index in [0.717, 1.165) is 11.3 Å². The number of hydrogen-bond acceptors (Lipinski definition) is 6. The number of fused-ring (bicyclic) bond motifs is 1. The van der Waals surface area contributed by atoms with E-state index in [-0.39, 0.29) is 11.5 Å². The Hall–Kier alpha value is -2.52. The summed E-state index contributed by atoms with van der Waals surface area (Å²) in [5, 5.41) is 3.76. The predicted molar refractivity (Wildman–Crippen MR) is 92.3 cm³/mol. The van der Waals surface area contributed by atoms with Gasteiger partial charge in [0.1, 0.15) is 5.75 Å². The molecule has 26 heavy (non-hydrogen) atoms. The largest absolute Gasteiger partial charge is 0.573 e. The van der Waals surface area contributed by atoms with E-state index in [1.54, 1.807) is 12.1 Å². The lowest BCUT2D eigenvalue weighted by molar-refractivity contribution is -0.274. The zero-order valence-electron chi connectivity index (χ0n) is 13.1. The molecular formula is C16H10ClF3N2O3S. The van der Waals surface area contributed by atoms with E-state index in [1.807, 2.05) is 0 Å². The maximum Gasteiger partial charge on any atom is 0.573 e. The Morgan fingerprint density at radius 3 is 2.69 bits per heavy atom. The number of carbonyl (C=O) groups excluding carboxylic acids is 1. The van der Waals surface area contributed by atoms with Crippen molar-refractivity contribution in [2.24, 2.45) is 0 Å². The number of nitrogens with one attached hydrogen (secondary N) is 1. The number of aromatic nitrogens is 1. The highest BCUT2D eigenvalue weighted by atomic mass is 35.5. The second-order valence-electron chi connectivity index (χ2n) is 5.06. The molecule has 2 aromatic carbocycles. The molecule has 0 spiro atoms. The van der Waals surface area contributed by atoms with Gasteiger partial charge in [0, 0.05) is 18.0 Å². The van der Waals surface area contributed by atoms with Crippen molar-refractivity contribution < 1.29 is 27.4 Å². The van der Waals surface area contributed by atoms with Gasteiger partial charge in [-0.05, 0) is 30.3 Å². The number of alkyl halides is 3. The van der Waals surface area contributed by atoms with Crippen LogP contribution in [0.2, 0.25) is 5.02 Å². The number of thiazole rings is 1. The van der Waals surface area contributed by atoms with Crippen LogP contribution < -0.4 is 14.8 Å². The topological polar surface area (TPSA) is 60.5 Å². The Bertz CT molecular complexity index is 975. The van der Waals surface area contributed by atoms with Gasteiger partial charge in [-0.3, -0.25) is 4.79 Å². The zero-order valence-corrected chi connectivity index (χ0v) is 14.6. The second kappa shape index (κ2) is 7.00. The van der Waals surface area contributed by atoms with Crippen LogP contribution in [0, 0.1) is 0 Å². The number of nitrogens with zero attached hydrogens (tertiary/aromatic N) is 1. The third-order valence-electron chi connectivity index (χ3n) is 3.03. The van der Waals surface area contributed by atoms with Crippen LogP contribution in [0.25, 0.3) is 10.2 Å². The van der Waals surface area contributed by atoms with Gasteiger partial charge < -0.3 is 14.8 Å². The average molecular weight is 403 g/mol. The van der Waals surface area contributed by atoms with Crippen LogP contribution in [0.5, 0.6) is 11.5 Å². The van der Waals surface area contributed by atoms with Crippen LogP contribution in [0.3, 0.4) is 0 Å². The molecule has 3 aromatic rings. The van der Waals surface area contributed by atoms with Gasteiger partial charge in [-0.2, -0.15) is 0 Å². The van der Waals surface area contributed by atoms with Crippen LogP contribution in [-0.4, -0.2) is 17.3 Å². The molecule has 0 amide bonds. The molecule has 0 saturated heterocycles. The third kappa shape index (κ3) is 4.55. The van der Waals surface area contributed by atoms with Crippen molar-refractivity contribution in [2.75, 3.05) is 5.32 Å². The lowest BCUT2D eigenvalue weighted by Crippen LogP contribution is -2.16. The summed E-state index contributed by atoms with van der Waals surface area (Å²) in [4.78, 5) is 15.5. The maximum absolute atomic E-state index is 12.3. The first kappa shape index (κ1) is 18.3. The Kier molecular flexibility index (Phi) is 4.92. The minimum absolute atomic E-state index is 0.252. The lowest BCUT2D eigenvalue weighted by Gasteiger charge is -2.09. The predicted octanol–water partition coefficient (Wildman–Crippen LogP) is 5.52. The van der Waals surface area contributed by atoms with E-state index in [4.69, 9.17) is 16.3 Å². The van der Waals surface area contributed by atoms with Crippen molar-refractivity contribution >= 4 is 49.9 Å². The minimum atomic E-state index is -4.76. The van der Waals surface area contributed by atoms with Crippen molar-refractivity contribution in [2.45, 2.75) is 13.3 Å². The third-order valence-corrected chi connectivity index (χ3v) is 4.20. The molecule has 0 radical (unpaired) electrons. The Balaban J connectivity index is 1.90. The number of ether oxygens (including phenoxy) is 2. The molecule has 0 aliphatic carbocycles.